The van der Waals surface area contributed by atoms with Crippen LogP contribution in [0.4, 0.5) is 0 Å². The van der Waals surface area contributed by atoms with Gasteiger partial charge < -0.3 is 0 Å². The first-order chi connectivity index (χ1) is 12.0. The molecule has 2 heteroatoms. The molecule has 0 unspecified atom stereocenters. The van der Waals surface area contributed by atoms with Crippen molar-refractivity contribution in [3.05, 3.63) is 82.9 Å². The van der Waals surface area contributed by atoms with Gasteiger partial charge in [-0.2, -0.15) is 28.3 Å². The van der Waals surface area contributed by atoms with E-state index in [0.717, 1.165) is 9.52 Å². The number of rotatable bonds is 0. The van der Waals surface area contributed by atoms with E-state index < -0.39 is 0 Å². The average molecular weight is 392 g/mol. The molecule has 0 bridgehead atoms. The summed E-state index contributed by atoms with van der Waals surface area (Å²) in [5, 5.41) is 5.39. The molecular formula is C24H28SiTi. The van der Waals surface area contributed by atoms with Gasteiger partial charge in [0.1, 0.15) is 0 Å². The molecule has 0 aliphatic heterocycles. The first-order valence-electron chi connectivity index (χ1n) is 8.81. The molecule has 0 nitrogen and oxygen atoms in total. The molecule has 2 radical (unpaired) electrons. The van der Waals surface area contributed by atoms with Crippen molar-refractivity contribution in [1.29, 1.82) is 0 Å². The Morgan fingerprint density at radius 1 is 0.808 bits per heavy atom. The predicted octanol–water partition coefficient (Wildman–Crippen LogP) is 7.14. The molecule has 4 aromatic carbocycles. The summed E-state index contributed by atoms with van der Waals surface area (Å²) in [5.74, 6) is 0. The van der Waals surface area contributed by atoms with E-state index >= 15 is 0 Å². The normalized spacial score (nSPS) is 9.77. The second kappa shape index (κ2) is 10.7. The van der Waals surface area contributed by atoms with E-state index in [4.69, 9.17) is 0 Å². The van der Waals surface area contributed by atoms with Crippen molar-refractivity contribution in [1.82, 2.24) is 0 Å². The Balaban J connectivity index is 0.000000230. The molecule has 0 saturated carbocycles. The molecular weight excluding hydrogens is 364 g/mol. The van der Waals surface area contributed by atoms with Crippen LogP contribution in [0, 0.1) is 27.7 Å². The van der Waals surface area contributed by atoms with Gasteiger partial charge in [0.25, 0.3) is 0 Å². The maximum atomic E-state index is 2.24. The standard InChI is InChI=1S/C13H9.C9H13.C2H6Si.Ti/c1-3-7-12-10(5-1)9-11-6-2-4-8-13(11)12;1-6-5-7(2)9(4)8(6)3;1-3-2;/h1-9H;5H,1-4H3;1-2H3;/q2*-1;;+2. The second-order valence-electron chi connectivity index (χ2n) is 6.58. The summed E-state index contributed by atoms with van der Waals surface area (Å²) in [6.45, 7) is 13.0. The van der Waals surface area contributed by atoms with Crippen LogP contribution in [0.5, 0.6) is 0 Å². The third kappa shape index (κ3) is 5.30. The fraction of sp³-hybridized carbons (Fsp3) is 0.250. The maximum absolute atomic E-state index is 2.24. The molecule has 0 aromatic heterocycles. The molecule has 132 valence electrons. The van der Waals surface area contributed by atoms with Gasteiger partial charge in [-0.1, -0.05) is 77.2 Å². The molecule has 0 saturated heterocycles. The summed E-state index contributed by atoms with van der Waals surface area (Å²) in [5.41, 5.74) is 5.75. The number of benzene rings is 2. The summed E-state index contributed by atoms with van der Waals surface area (Å²) in [7, 11) is 1.08. The number of hydrogen-bond donors (Lipinski definition) is 0. The maximum Gasteiger partial charge on any atom is 2.00 e. The van der Waals surface area contributed by atoms with Crippen LogP contribution < -0.4 is 0 Å². The largest absolute Gasteiger partial charge is 2.00 e. The molecule has 0 amide bonds. The molecule has 4 rings (SSSR count). The predicted molar refractivity (Wildman–Crippen MR) is 116 cm³/mol. The molecule has 26 heavy (non-hydrogen) atoms. The Hall–Kier alpha value is -1.41. The second-order valence-corrected chi connectivity index (χ2v) is 7.58. The van der Waals surface area contributed by atoms with E-state index in [-0.39, 0.29) is 21.7 Å². The zero-order chi connectivity index (χ0) is 18.4. The molecule has 0 heterocycles. The Morgan fingerprint density at radius 3 is 1.54 bits per heavy atom. The minimum atomic E-state index is 0. The first-order valence-corrected chi connectivity index (χ1v) is 10.8. The monoisotopic (exact) mass is 392 g/mol. The van der Waals surface area contributed by atoms with Crippen LogP contribution in [-0.4, -0.2) is 9.52 Å². The third-order valence-electron chi connectivity index (χ3n) is 4.70. The third-order valence-corrected chi connectivity index (χ3v) is 4.70. The van der Waals surface area contributed by atoms with Crippen molar-refractivity contribution >= 4 is 31.1 Å². The minimum absolute atomic E-state index is 0. The van der Waals surface area contributed by atoms with E-state index in [1.807, 2.05) is 0 Å². The van der Waals surface area contributed by atoms with Gasteiger partial charge in [0.05, 0.1) is 0 Å². The summed E-state index contributed by atoms with van der Waals surface area (Å²) in [6, 6.07) is 21.5. The minimum Gasteiger partial charge on any atom is -0.199 e. The molecule has 4 aromatic rings. The number of aryl methyl sites for hydroxylation is 2. The molecule has 0 aliphatic rings. The smallest absolute Gasteiger partial charge is 0.199 e. The quantitative estimate of drug-likeness (QED) is 0.220. The van der Waals surface area contributed by atoms with E-state index in [0.29, 0.717) is 0 Å². The van der Waals surface area contributed by atoms with Crippen LogP contribution in [-0.2, 0) is 21.7 Å². The topological polar surface area (TPSA) is 0 Å². The van der Waals surface area contributed by atoms with Crippen LogP contribution in [0.1, 0.15) is 22.3 Å². The average Bonchev–Trinajstić information content (AvgIpc) is 3.09. The van der Waals surface area contributed by atoms with Gasteiger partial charge in [-0.25, -0.2) is 0 Å². The Morgan fingerprint density at radius 2 is 1.23 bits per heavy atom. The number of fused-ring (bicyclic) bond motifs is 3. The van der Waals surface area contributed by atoms with Gasteiger partial charge in [-0.3, -0.25) is 0 Å². The van der Waals surface area contributed by atoms with E-state index in [9.17, 15) is 0 Å². The Labute approximate surface area is 176 Å². The van der Waals surface area contributed by atoms with Crippen molar-refractivity contribution in [2.24, 2.45) is 0 Å². The van der Waals surface area contributed by atoms with Crippen LogP contribution in [0.2, 0.25) is 13.1 Å². The van der Waals surface area contributed by atoms with Gasteiger partial charge in [-0.05, 0) is 0 Å². The van der Waals surface area contributed by atoms with Gasteiger partial charge >= 0.3 is 21.7 Å². The molecule has 0 N–H and O–H groups in total. The summed E-state index contributed by atoms with van der Waals surface area (Å²) in [4.78, 5) is 0. The summed E-state index contributed by atoms with van der Waals surface area (Å²) in [6.07, 6.45) is 0. The van der Waals surface area contributed by atoms with Crippen LogP contribution in [0.25, 0.3) is 21.5 Å². The zero-order valence-corrected chi connectivity index (χ0v) is 19.3. The van der Waals surface area contributed by atoms with Gasteiger partial charge in [-0.15, -0.1) is 39.7 Å². The van der Waals surface area contributed by atoms with Crippen LogP contribution in [0.3, 0.4) is 0 Å². The fourth-order valence-electron chi connectivity index (χ4n) is 3.04. The van der Waals surface area contributed by atoms with Crippen molar-refractivity contribution in [2.75, 3.05) is 0 Å². The Kier molecular flexibility index (Phi) is 9.29. The van der Waals surface area contributed by atoms with Crippen LogP contribution >= 0.6 is 0 Å². The van der Waals surface area contributed by atoms with Gasteiger partial charge in [0.2, 0.25) is 0 Å². The molecule has 0 fully saturated rings. The van der Waals surface area contributed by atoms with Crippen molar-refractivity contribution in [3.8, 4) is 0 Å². The van der Waals surface area contributed by atoms with Crippen molar-refractivity contribution < 1.29 is 21.7 Å². The summed E-state index contributed by atoms with van der Waals surface area (Å²) >= 11 is 0. The SMILES string of the molecule is C[Si]C.Cc1c[c-](C)c(C)c1C.[Ti+2].c1ccc2c(c1)[cH-]c1ccccc12. The summed E-state index contributed by atoms with van der Waals surface area (Å²) < 4.78 is 0. The van der Waals surface area contributed by atoms with Crippen molar-refractivity contribution in [3.63, 3.8) is 0 Å². The van der Waals surface area contributed by atoms with E-state index in [1.54, 1.807) is 0 Å². The fourth-order valence-corrected chi connectivity index (χ4v) is 3.04. The Bertz CT molecular complexity index is 871. The van der Waals surface area contributed by atoms with Gasteiger partial charge in [0, 0.05) is 9.52 Å². The van der Waals surface area contributed by atoms with E-state index in [1.165, 1.54) is 43.8 Å². The first kappa shape index (κ1) is 22.6. The van der Waals surface area contributed by atoms with E-state index in [2.05, 4.69) is 101 Å². The zero-order valence-electron chi connectivity index (χ0n) is 16.8. The van der Waals surface area contributed by atoms with Crippen LogP contribution in [0.15, 0.2) is 60.7 Å². The molecule has 0 aliphatic carbocycles. The molecule has 0 spiro atoms. The van der Waals surface area contributed by atoms with Crippen molar-refractivity contribution in [2.45, 2.75) is 40.8 Å². The number of hydrogen-bond acceptors (Lipinski definition) is 0. The van der Waals surface area contributed by atoms with Gasteiger partial charge in [0.15, 0.2) is 0 Å². The molecule has 0 atom stereocenters.